The molecule has 0 unspecified atom stereocenters. The first-order valence-corrected chi connectivity index (χ1v) is 9.15. The number of fused-ring (bicyclic) bond motifs is 1. The molecule has 0 spiro atoms. The zero-order valence-electron chi connectivity index (χ0n) is 15.9. The molecule has 4 aromatic rings. The highest BCUT2D eigenvalue weighted by atomic mass is 19.1. The molecule has 1 N–H and O–H groups in total. The van der Waals surface area contributed by atoms with Crippen molar-refractivity contribution in [3.05, 3.63) is 82.2 Å². The van der Waals surface area contributed by atoms with Gasteiger partial charge in [-0.1, -0.05) is 12.1 Å². The lowest BCUT2D eigenvalue weighted by molar-refractivity contribution is -0.384. The first-order valence-electron chi connectivity index (χ1n) is 9.15. The Morgan fingerprint density at radius 3 is 2.68 bits per heavy atom. The van der Waals surface area contributed by atoms with Crippen molar-refractivity contribution in [2.75, 3.05) is 13.2 Å². The van der Waals surface area contributed by atoms with Gasteiger partial charge in [-0.15, -0.1) is 15.3 Å². The van der Waals surface area contributed by atoms with Crippen LogP contribution in [0, 0.1) is 15.9 Å². The maximum Gasteiger partial charge on any atom is 0.269 e. The smallest absolute Gasteiger partial charge is 0.269 e. The van der Waals surface area contributed by atoms with Gasteiger partial charge in [0, 0.05) is 29.3 Å². The summed E-state index contributed by atoms with van der Waals surface area (Å²) in [6.45, 7) is 0.323. The highest BCUT2D eigenvalue weighted by molar-refractivity contribution is 5.94. The number of nitro groups is 1. The molecular formula is C20H15FN6O4. The predicted octanol–water partition coefficient (Wildman–Crippen LogP) is 2.65. The van der Waals surface area contributed by atoms with Crippen molar-refractivity contribution in [3.63, 3.8) is 0 Å². The Morgan fingerprint density at radius 1 is 1.13 bits per heavy atom. The van der Waals surface area contributed by atoms with Gasteiger partial charge in [0.05, 0.1) is 11.5 Å². The van der Waals surface area contributed by atoms with Crippen molar-refractivity contribution in [3.8, 4) is 17.3 Å². The van der Waals surface area contributed by atoms with Gasteiger partial charge in [0.1, 0.15) is 12.4 Å². The highest BCUT2D eigenvalue weighted by Crippen LogP contribution is 2.19. The van der Waals surface area contributed by atoms with E-state index in [1.54, 1.807) is 24.3 Å². The predicted molar refractivity (Wildman–Crippen MR) is 107 cm³/mol. The third-order valence-electron chi connectivity index (χ3n) is 4.30. The van der Waals surface area contributed by atoms with Gasteiger partial charge < -0.3 is 10.1 Å². The molecule has 0 aliphatic carbocycles. The van der Waals surface area contributed by atoms with Crippen LogP contribution in [0.3, 0.4) is 0 Å². The van der Waals surface area contributed by atoms with Crippen molar-refractivity contribution in [1.29, 1.82) is 0 Å². The number of carbonyl (C=O) groups is 1. The van der Waals surface area contributed by atoms with Gasteiger partial charge >= 0.3 is 0 Å². The van der Waals surface area contributed by atoms with E-state index in [-0.39, 0.29) is 30.6 Å². The molecule has 11 heteroatoms. The Labute approximate surface area is 174 Å². The van der Waals surface area contributed by atoms with Crippen LogP contribution in [0.1, 0.15) is 10.4 Å². The molecule has 4 rings (SSSR count). The standard InChI is InChI=1S/C20H15FN6O4/c21-15-3-1-2-14(12-15)19-24-23-17-8-9-18(25-26(17)19)31-11-10-22-20(28)13-4-6-16(7-5-13)27(29)30/h1-9,12H,10-11H2,(H,22,28). The first kappa shape index (κ1) is 19.9. The lowest BCUT2D eigenvalue weighted by Gasteiger charge is -2.08. The third kappa shape index (κ3) is 4.45. The third-order valence-corrected chi connectivity index (χ3v) is 4.30. The maximum absolute atomic E-state index is 13.5. The lowest BCUT2D eigenvalue weighted by Crippen LogP contribution is -2.28. The van der Waals surface area contributed by atoms with Crippen molar-refractivity contribution in [1.82, 2.24) is 25.1 Å². The number of hydrogen-bond donors (Lipinski definition) is 1. The van der Waals surface area contributed by atoms with E-state index in [0.717, 1.165) is 0 Å². The van der Waals surface area contributed by atoms with Gasteiger partial charge in [-0.3, -0.25) is 14.9 Å². The van der Waals surface area contributed by atoms with E-state index in [4.69, 9.17) is 4.74 Å². The summed E-state index contributed by atoms with van der Waals surface area (Å²) in [6.07, 6.45) is 0. The summed E-state index contributed by atoms with van der Waals surface area (Å²) in [5, 5.41) is 25.7. The molecular weight excluding hydrogens is 407 g/mol. The lowest BCUT2D eigenvalue weighted by atomic mass is 10.2. The molecule has 0 radical (unpaired) electrons. The fraction of sp³-hybridized carbons (Fsp3) is 0.100. The Bertz CT molecular complexity index is 1260. The number of nitrogens with zero attached hydrogens (tertiary/aromatic N) is 5. The van der Waals surface area contributed by atoms with Crippen LogP contribution in [-0.2, 0) is 0 Å². The van der Waals surface area contributed by atoms with Gasteiger partial charge in [0.2, 0.25) is 5.88 Å². The number of halogens is 1. The topological polar surface area (TPSA) is 125 Å². The minimum Gasteiger partial charge on any atom is -0.475 e. The molecule has 2 aromatic heterocycles. The van der Waals surface area contributed by atoms with Gasteiger partial charge in [-0.05, 0) is 30.3 Å². The van der Waals surface area contributed by atoms with Crippen molar-refractivity contribution in [2.45, 2.75) is 0 Å². The molecule has 0 bridgehead atoms. The van der Waals surface area contributed by atoms with Crippen molar-refractivity contribution < 1.29 is 18.8 Å². The molecule has 10 nitrogen and oxygen atoms in total. The van der Waals surface area contributed by atoms with E-state index >= 15 is 0 Å². The Hall–Kier alpha value is -4.41. The number of hydrogen-bond acceptors (Lipinski definition) is 7. The first-order chi connectivity index (χ1) is 15.0. The van der Waals surface area contributed by atoms with Crippen LogP contribution in [0.4, 0.5) is 10.1 Å². The average molecular weight is 422 g/mol. The van der Waals surface area contributed by atoms with E-state index in [0.29, 0.717) is 22.6 Å². The average Bonchev–Trinajstić information content (AvgIpc) is 3.20. The van der Waals surface area contributed by atoms with E-state index in [1.165, 1.54) is 40.9 Å². The Morgan fingerprint density at radius 2 is 1.94 bits per heavy atom. The fourth-order valence-corrected chi connectivity index (χ4v) is 2.81. The minimum atomic E-state index is -0.533. The number of non-ortho nitro benzene ring substituents is 1. The van der Waals surface area contributed by atoms with E-state index in [1.807, 2.05) is 0 Å². The van der Waals surface area contributed by atoms with Crippen LogP contribution in [0.2, 0.25) is 0 Å². The van der Waals surface area contributed by atoms with Crippen LogP contribution < -0.4 is 10.1 Å². The molecule has 2 aromatic carbocycles. The minimum absolute atomic E-state index is 0.0899. The van der Waals surface area contributed by atoms with Crippen LogP contribution >= 0.6 is 0 Å². The van der Waals surface area contributed by atoms with Crippen molar-refractivity contribution >= 4 is 17.2 Å². The van der Waals surface area contributed by atoms with E-state index in [2.05, 4.69) is 20.6 Å². The molecule has 0 saturated carbocycles. The van der Waals surface area contributed by atoms with Crippen LogP contribution in [-0.4, -0.2) is 43.8 Å². The van der Waals surface area contributed by atoms with Gasteiger partial charge in [0.25, 0.3) is 11.6 Å². The largest absolute Gasteiger partial charge is 0.475 e. The molecule has 0 aliphatic rings. The van der Waals surface area contributed by atoms with Gasteiger partial charge in [-0.25, -0.2) is 4.39 Å². The summed E-state index contributed by atoms with van der Waals surface area (Å²) in [5.41, 5.74) is 1.20. The molecule has 1 amide bonds. The van der Waals surface area contributed by atoms with E-state index in [9.17, 15) is 19.3 Å². The SMILES string of the molecule is O=C(NCCOc1ccc2nnc(-c3cccc(F)c3)n2n1)c1ccc([N+](=O)[O-])cc1. The Kier molecular flexibility index (Phi) is 5.47. The number of carbonyl (C=O) groups excluding carboxylic acids is 1. The summed E-state index contributed by atoms with van der Waals surface area (Å²) in [4.78, 5) is 22.2. The number of ether oxygens (including phenoxy) is 1. The molecule has 2 heterocycles. The van der Waals surface area contributed by atoms with Crippen LogP contribution in [0.25, 0.3) is 17.0 Å². The fourth-order valence-electron chi connectivity index (χ4n) is 2.81. The normalized spacial score (nSPS) is 10.7. The number of aromatic nitrogens is 4. The quantitative estimate of drug-likeness (QED) is 0.276. The van der Waals surface area contributed by atoms with Gasteiger partial charge in [-0.2, -0.15) is 4.52 Å². The summed E-state index contributed by atoms with van der Waals surface area (Å²) >= 11 is 0. The number of nitro benzene ring substituents is 1. The summed E-state index contributed by atoms with van der Waals surface area (Å²) in [5.74, 6) is -0.138. The number of nitrogens with one attached hydrogen (secondary N) is 1. The maximum atomic E-state index is 13.5. The number of amides is 1. The summed E-state index contributed by atoms with van der Waals surface area (Å²) in [7, 11) is 0. The number of benzene rings is 2. The highest BCUT2D eigenvalue weighted by Gasteiger charge is 2.12. The summed E-state index contributed by atoms with van der Waals surface area (Å²) in [6, 6.07) is 14.5. The van der Waals surface area contributed by atoms with Crippen LogP contribution in [0.15, 0.2) is 60.7 Å². The second kappa shape index (κ2) is 8.53. The zero-order valence-corrected chi connectivity index (χ0v) is 15.9. The molecule has 0 fully saturated rings. The zero-order chi connectivity index (χ0) is 21.8. The Balaban J connectivity index is 1.37. The monoisotopic (exact) mass is 422 g/mol. The molecule has 31 heavy (non-hydrogen) atoms. The molecule has 0 atom stereocenters. The molecule has 0 saturated heterocycles. The molecule has 0 aliphatic heterocycles. The molecule has 156 valence electrons. The number of rotatable bonds is 7. The van der Waals surface area contributed by atoms with Gasteiger partial charge in [0.15, 0.2) is 11.5 Å². The second-order valence-corrected chi connectivity index (χ2v) is 6.38. The second-order valence-electron chi connectivity index (χ2n) is 6.38. The van der Waals surface area contributed by atoms with Crippen molar-refractivity contribution in [2.24, 2.45) is 0 Å². The summed E-state index contributed by atoms with van der Waals surface area (Å²) < 4.78 is 20.5. The van der Waals surface area contributed by atoms with Crippen LogP contribution in [0.5, 0.6) is 5.88 Å². The van der Waals surface area contributed by atoms with E-state index < -0.39 is 10.7 Å².